The summed E-state index contributed by atoms with van der Waals surface area (Å²) in [4.78, 5) is 0. The highest BCUT2D eigenvalue weighted by atomic mass is 16.8. The molecular weight excluding hydrogens is 400 g/mol. The Morgan fingerprint density at radius 2 is 1.53 bits per heavy atom. The Kier molecular flexibility index (Phi) is 4.92. The van der Waals surface area contributed by atoms with Crippen LogP contribution in [0, 0.1) is 0 Å². The highest BCUT2D eigenvalue weighted by molar-refractivity contribution is 6.13. The Morgan fingerprint density at radius 3 is 2.31 bits per heavy atom. The summed E-state index contributed by atoms with van der Waals surface area (Å²) >= 11 is 0. The van der Waals surface area contributed by atoms with Gasteiger partial charge in [-0.05, 0) is 62.9 Å². The minimum Gasteiger partial charge on any atom is -0.394 e. The molecule has 3 atom stereocenters. The monoisotopic (exact) mass is 428 g/mol. The predicted molar refractivity (Wildman–Crippen MR) is 127 cm³/mol. The van der Waals surface area contributed by atoms with Gasteiger partial charge in [0.15, 0.2) is 5.79 Å². The van der Waals surface area contributed by atoms with Crippen molar-refractivity contribution in [1.82, 2.24) is 0 Å². The van der Waals surface area contributed by atoms with E-state index in [1.807, 2.05) is 18.2 Å². The number of aliphatic hydroxyl groups is 2. The molecule has 3 unspecified atom stereocenters. The van der Waals surface area contributed by atoms with Crippen LogP contribution >= 0.6 is 0 Å². The molecule has 4 aromatic carbocycles. The van der Waals surface area contributed by atoms with E-state index >= 15 is 0 Å². The Labute approximate surface area is 187 Å². The van der Waals surface area contributed by atoms with E-state index in [-0.39, 0.29) is 6.61 Å². The Hall–Kier alpha value is -2.50. The quantitative estimate of drug-likeness (QED) is 0.329. The van der Waals surface area contributed by atoms with E-state index in [0.29, 0.717) is 0 Å². The van der Waals surface area contributed by atoms with E-state index in [1.54, 1.807) is 0 Å². The predicted octanol–water partition coefficient (Wildman–Crippen LogP) is 5.62. The van der Waals surface area contributed by atoms with Crippen LogP contribution in [0.1, 0.15) is 43.8 Å². The number of hydrogen-bond donors (Lipinski definition) is 2. The molecule has 1 aliphatic carbocycles. The number of fused-ring (bicyclic) bond motifs is 4. The standard InChI is InChI=1S/C28H28O4/c29-17-24-27(32-28(31-24)13-4-1-5-14-28)26(30)22-10-6-9-18-11-12-21-15-19-7-2-3-8-20(19)16-23(21)25(18)22/h2-3,6-12,15-16,24,26-27,29-30H,1,4-5,13-14,17H2. The molecule has 32 heavy (non-hydrogen) atoms. The number of rotatable bonds is 3. The maximum atomic E-state index is 11.6. The van der Waals surface area contributed by atoms with Crippen LogP contribution in [-0.2, 0) is 9.47 Å². The fourth-order valence-electron chi connectivity index (χ4n) is 5.68. The van der Waals surface area contributed by atoms with E-state index in [1.165, 1.54) is 17.2 Å². The van der Waals surface area contributed by atoms with Crippen LogP contribution in [0.25, 0.3) is 32.3 Å². The second-order valence-electron chi connectivity index (χ2n) is 9.27. The zero-order valence-electron chi connectivity index (χ0n) is 18.0. The molecule has 4 aromatic rings. The summed E-state index contributed by atoms with van der Waals surface area (Å²) < 4.78 is 12.6. The van der Waals surface area contributed by atoms with E-state index in [4.69, 9.17) is 9.47 Å². The maximum Gasteiger partial charge on any atom is 0.169 e. The normalized spacial score (nSPS) is 23.9. The number of benzene rings is 4. The van der Waals surface area contributed by atoms with Gasteiger partial charge in [0.2, 0.25) is 0 Å². The molecule has 1 spiro atoms. The molecule has 0 aromatic heterocycles. The van der Waals surface area contributed by atoms with Gasteiger partial charge >= 0.3 is 0 Å². The molecule has 2 N–H and O–H groups in total. The van der Waals surface area contributed by atoms with E-state index in [2.05, 4.69) is 48.5 Å². The van der Waals surface area contributed by atoms with Crippen molar-refractivity contribution in [2.75, 3.05) is 6.61 Å². The lowest BCUT2D eigenvalue weighted by Gasteiger charge is -2.32. The fraction of sp³-hybridized carbons (Fsp3) is 0.357. The summed E-state index contributed by atoms with van der Waals surface area (Å²) in [5.74, 6) is -0.667. The van der Waals surface area contributed by atoms with Gasteiger partial charge in [0.25, 0.3) is 0 Å². The zero-order chi connectivity index (χ0) is 21.7. The molecule has 4 nitrogen and oxygen atoms in total. The summed E-state index contributed by atoms with van der Waals surface area (Å²) in [7, 11) is 0. The molecule has 1 saturated heterocycles. The number of aliphatic hydroxyl groups excluding tert-OH is 2. The van der Waals surface area contributed by atoms with Crippen LogP contribution < -0.4 is 0 Å². The van der Waals surface area contributed by atoms with Crippen LogP contribution in [0.2, 0.25) is 0 Å². The molecule has 0 radical (unpaired) electrons. The highest BCUT2D eigenvalue weighted by Crippen LogP contribution is 2.45. The molecule has 0 bridgehead atoms. The van der Waals surface area contributed by atoms with Crippen LogP contribution in [0.5, 0.6) is 0 Å². The largest absolute Gasteiger partial charge is 0.394 e. The lowest BCUT2D eigenvalue weighted by molar-refractivity contribution is -0.201. The fourth-order valence-corrected chi connectivity index (χ4v) is 5.68. The van der Waals surface area contributed by atoms with Gasteiger partial charge in [-0.1, -0.05) is 61.0 Å². The van der Waals surface area contributed by atoms with Gasteiger partial charge in [-0.3, -0.25) is 0 Å². The lowest BCUT2D eigenvalue weighted by atomic mass is 9.91. The topological polar surface area (TPSA) is 58.9 Å². The van der Waals surface area contributed by atoms with Crippen LogP contribution in [0.3, 0.4) is 0 Å². The van der Waals surface area contributed by atoms with Gasteiger partial charge in [0.1, 0.15) is 18.3 Å². The van der Waals surface area contributed by atoms with Crippen molar-refractivity contribution in [3.8, 4) is 0 Å². The number of hydrogen-bond acceptors (Lipinski definition) is 4. The van der Waals surface area contributed by atoms with E-state index < -0.39 is 24.1 Å². The molecule has 1 aliphatic heterocycles. The first-order valence-electron chi connectivity index (χ1n) is 11.7. The van der Waals surface area contributed by atoms with Crippen LogP contribution in [0.4, 0.5) is 0 Å². The van der Waals surface area contributed by atoms with Gasteiger partial charge in [0.05, 0.1) is 6.61 Å². The lowest BCUT2D eigenvalue weighted by Crippen LogP contribution is -2.34. The average Bonchev–Trinajstić information content (AvgIpc) is 3.20. The summed E-state index contributed by atoms with van der Waals surface area (Å²) in [6, 6.07) is 23.1. The van der Waals surface area contributed by atoms with Crippen molar-refractivity contribution >= 4 is 32.3 Å². The third kappa shape index (κ3) is 3.22. The van der Waals surface area contributed by atoms with Gasteiger partial charge < -0.3 is 19.7 Å². The van der Waals surface area contributed by atoms with Crippen molar-refractivity contribution in [3.63, 3.8) is 0 Å². The zero-order valence-corrected chi connectivity index (χ0v) is 18.0. The molecule has 1 heterocycles. The van der Waals surface area contributed by atoms with Crippen molar-refractivity contribution in [3.05, 3.63) is 72.3 Å². The molecule has 2 fully saturated rings. The van der Waals surface area contributed by atoms with Gasteiger partial charge in [-0.15, -0.1) is 0 Å². The number of ether oxygens (including phenoxy) is 2. The van der Waals surface area contributed by atoms with Crippen molar-refractivity contribution in [1.29, 1.82) is 0 Å². The molecular formula is C28H28O4. The van der Waals surface area contributed by atoms with Crippen LogP contribution in [0.15, 0.2) is 66.7 Å². The maximum absolute atomic E-state index is 11.6. The summed E-state index contributed by atoms with van der Waals surface area (Å²) in [6.45, 7) is -0.167. The third-order valence-electron chi connectivity index (χ3n) is 7.27. The average molecular weight is 429 g/mol. The molecule has 1 saturated carbocycles. The van der Waals surface area contributed by atoms with E-state index in [0.717, 1.165) is 52.8 Å². The first kappa shape index (κ1) is 20.1. The Balaban J connectivity index is 1.49. The molecule has 4 heteroatoms. The Morgan fingerprint density at radius 1 is 0.812 bits per heavy atom. The second kappa shape index (κ2) is 7.82. The summed E-state index contributed by atoms with van der Waals surface area (Å²) in [6.07, 6.45) is 2.88. The summed E-state index contributed by atoms with van der Waals surface area (Å²) in [5, 5.41) is 28.4. The van der Waals surface area contributed by atoms with Crippen LogP contribution in [-0.4, -0.2) is 34.8 Å². The molecule has 164 valence electrons. The van der Waals surface area contributed by atoms with Gasteiger partial charge in [-0.2, -0.15) is 0 Å². The van der Waals surface area contributed by atoms with E-state index in [9.17, 15) is 10.2 Å². The SMILES string of the molecule is OCC1OC2(CCCCC2)OC1C(O)c1cccc2ccc3cc4ccccc4cc3c12. The second-order valence-corrected chi connectivity index (χ2v) is 9.27. The van der Waals surface area contributed by atoms with Crippen molar-refractivity contribution < 1.29 is 19.7 Å². The Bertz CT molecular complexity index is 1290. The molecule has 6 rings (SSSR count). The first-order valence-corrected chi connectivity index (χ1v) is 11.7. The molecule has 2 aliphatic rings. The molecule has 0 amide bonds. The smallest absolute Gasteiger partial charge is 0.169 e. The van der Waals surface area contributed by atoms with Crippen molar-refractivity contribution in [2.24, 2.45) is 0 Å². The first-order chi connectivity index (χ1) is 15.7. The van der Waals surface area contributed by atoms with Gasteiger partial charge in [0, 0.05) is 12.8 Å². The van der Waals surface area contributed by atoms with Gasteiger partial charge in [-0.25, -0.2) is 0 Å². The minimum absolute atomic E-state index is 0.167. The summed E-state index contributed by atoms with van der Waals surface area (Å²) in [5.41, 5.74) is 0.822. The minimum atomic E-state index is -0.894. The third-order valence-corrected chi connectivity index (χ3v) is 7.27. The highest BCUT2D eigenvalue weighted by Gasteiger charge is 2.50. The van der Waals surface area contributed by atoms with Crippen molar-refractivity contribution in [2.45, 2.75) is 56.2 Å².